The Morgan fingerprint density at radius 1 is 1.60 bits per heavy atom. The van der Waals surface area contributed by atoms with E-state index in [1.165, 1.54) is 0 Å². The zero-order valence-electron chi connectivity index (χ0n) is 8.42. The lowest BCUT2D eigenvalue weighted by molar-refractivity contribution is 0.0885. The summed E-state index contributed by atoms with van der Waals surface area (Å²) in [6.45, 7) is 5.69. The van der Waals surface area contributed by atoms with E-state index < -0.39 is 0 Å². The van der Waals surface area contributed by atoms with Crippen LogP contribution < -0.4 is 4.74 Å². The molecule has 0 saturated carbocycles. The van der Waals surface area contributed by atoms with E-state index in [-0.39, 0.29) is 11.9 Å². The summed E-state index contributed by atoms with van der Waals surface area (Å²) in [6, 6.07) is 5.48. The van der Waals surface area contributed by atoms with Crippen molar-refractivity contribution in [1.29, 1.82) is 0 Å². The fourth-order valence-electron chi connectivity index (χ4n) is 1.57. The number of ketones is 1. The van der Waals surface area contributed by atoms with Gasteiger partial charge in [-0.25, -0.2) is 0 Å². The molecule has 1 aromatic rings. The van der Waals surface area contributed by atoms with Gasteiger partial charge in [-0.2, -0.15) is 0 Å². The summed E-state index contributed by atoms with van der Waals surface area (Å²) in [5.74, 6) is 0.771. The lowest BCUT2D eigenvalue weighted by Gasteiger charge is -2.25. The van der Waals surface area contributed by atoms with Crippen molar-refractivity contribution >= 4 is 21.7 Å². The molecule has 1 atom stereocenters. The summed E-state index contributed by atoms with van der Waals surface area (Å²) in [5, 5.41) is 0. The van der Waals surface area contributed by atoms with Gasteiger partial charge in [0.2, 0.25) is 0 Å². The van der Waals surface area contributed by atoms with E-state index in [1.54, 1.807) is 6.07 Å². The summed E-state index contributed by atoms with van der Waals surface area (Å²) in [5.41, 5.74) is 1.54. The zero-order valence-corrected chi connectivity index (χ0v) is 10.0. The molecule has 0 bridgehead atoms. The van der Waals surface area contributed by atoms with E-state index in [4.69, 9.17) is 4.74 Å². The van der Waals surface area contributed by atoms with E-state index in [0.717, 1.165) is 10.0 Å². The molecule has 0 saturated heterocycles. The van der Waals surface area contributed by atoms with Crippen LogP contribution in [0.3, 0.4) is 0 Å². The summed E-state index contributed by atoms with van der Waals surface area (Å²) in [6.07, 6.45) is 0.213. The van der Waals surface area contributed by atoms with Gasteiger partial charge < -0.3 is 4.74 Å². The molecule has 78 valence electrons. The van der Waals surface area contributed by atoms with Crippen molar-refractivity contribution in [2.45, 2.75) is 19.4 Å². The summed E-state index contributed by atoms with van der Waals surface area (Å²) < 4.78 is 6.57. The van der Waals surface area contributed by atoms with Gasteiger partial charge in [0, 0.05) is 4.47 Å². The highest BCUT2D eigenvalue weighted by atomic mass is 79.9. The number of hydrogen-bond donors (Lipinski definition) is 0. The molecule has 0 radical (unpaired) electrons. The summed E-state index contributed by atoms with van der Waals surface area (Å²) in [4.78, 5) is 11.8. The van der Waals surface area contributed by atoms with Gasteiger partial charge in [0.15, 0.2) is 5.78 Å². The first-order valence-corrected chi connectivity index (χ1v) is 5.52. The highest BCUT2D eigenvalue weighted by molar-refractivity contribution is 9.10. The first-order chi connectivity index (χ1) is 7.08. The number of fused-ring (bicyclic) bond motifs is 1. The second-order valence-electron chi connectivity index (χ2n) is 3.72. The van der Waals surface area contributed by atoms with Crippen LogP contribution in [0.1, 0.15) is 23.7 Å². The molecule has 2 rings (SSSR count). The number of hydrogen-bond acceptors (Lipinski definition) is 2. The molecular weight excluding hydrogens is 256 g/mol. The molecule has 0 amide bonds. The minimum Gasteiger partial charge on any atom is -0.485 e. The molecule has 1 aliphatic heterocycles. The fraction of sp³-hybridized carbons (Fsp3) is 0.250. The molecule has 0 fully saturated rings. The normalized spacial score (nSPS) is 19.3. The van der Waals surface area contributed by atoms with Crippen molar-refractivity contribution in [3.05, 3.63) is 40.4 Å². The van der Waals surface area contributed by atoms with Gasteiger partial charge in [-0.3, -0.25) is 4.79 Å². The third kappa shape index (κ3) is 1.97. The van der Waals surface area contributed by atoms with Crippen LogP contribution in [0.2, 0.25) is 0 Å². The minimum absolute atomic E-state index is 0.116. The van der Waals surface area contributed by atoms with Crippen molar-refractivity contribution in [1.82, 2.24) is 0 Å². The second kappa shape index (κ2) is 3.81. The molecule has 0 aliphatic carbocycles. The standard InChI is InChI=1S/C12H11BrO2/c1-7(2)12-6-10(14)9-5-8(13)3-4-11(9)15-12/h3-5,12H,1,6H2,2H3. The number of carbonyl (C=O) groups excluding carboxylic acids is 1. The van der Waals surface area contributed by atoms with Gasteiger partial charge in [-0.15, -0.1) is 0 Å². The van der Waals surface area contributed by atoms with Gasteiger partial charge >= 0.3 is 0 Å². The van der Waals surface area contributed by atoms with E-state index in [9.17, 15) is 4.79 Å². The Balaban J connectivity index is 2.41. The second-order valence-corrected chi connectivity index (χ2v) is 4.64. The predicted octanol–water partition coefficient (Wildman–Crippen LogP) is 3.36. The third-order valence-electron chi connectivity index (χ3n) is 2.43. The van der Waals surface area contributed by atoms with Crippen molar-refractivity contribution in [3.8, 4) is 5.75 Å². The number of carbonyl (C=O) groups is 1. The number of benzene rings is 1. The van der Waals surface area contributed by atoms with Gasteiger partial charge in [0.1, 0.15) is 11.9 Å². The Kier molecular flexibility index (Phi) is 2.65. The molecule has 1 unspecified atom stereocenters. The molecule has 15 heavy (non-hydrogen) atoms. The van der Waals surface area contributed by atoms with E-state index in [1.807, 2.05) is 19.1 Å². The van der Waals surface area contributed by atoms with Gasteiger partial charge in [0.05, 0.1) is 12.0 Å². The van der Waals surface area contributed by atoms with Crippen LogP contribution in [-0.2, 0) is 0 Å². The maximum atomic E-state index is 11.8. The van der Waals surface area contributed by atoms with Crippen LogP contribution >= 0.6 is 15.9 Å². The third-order valence-corrected chi connectivity index (χ3v) is 2.92. The van der Waals surface area contributed by atoms with Crippen LogP contribution in [0.5, 0.6) is 5.75 Å². The quantitative estimate of drug-likeness (QED) is 0.729. The molecule has 0 spiro atoms. The molecule has 1 heterocycles. The van der Waals surface area contributed by atoms with Crippen molar-refractivity contribution < 1.29 is 9.53 Å². The van der Waals surface area contributed by atoms with E-state index in [2.05, 4.69) is 22.5 Å². The average Bonchev–Trinajstić information content (AvgIpc) is 2.18. The van der Waals surface area contributed by atoms with Crippen LogP contribution in [-0.4, -0.2) is 11.9 Å². The number of Topliss-reactive ketones (excluding diaryl/α,β-unsaturated/α-hetero) is 1. The average molecular weight is 267 g/mol. The highest BCUT2D eigenvalue weighted by Crippen LogP contribution is 2.31. The fourth-order valence-corrected chi connectivity index (χ4v) is 1.93. The maximum absolute atomic E-state index is 11.8. The van der Waals surface area contributed by atoms with E-state index >= 15 is 0 Å². The monoisotopic (exact) mass is 266 g/mol. The van der Waals surface area contributed by atoms with E-state index in [0.29, 0.717) is 17.7 Å². The smallest absolute Gasteiger partial charge is 0.170 e. The lowest BCUT2D eigenvalue weighted by atomic mass is 9.98. The molecule has 0 aromatic heterocycles. The molecule has 3 heteroatoms. The van der Waals surface area contributed by atoms with Crippen LogP contribution in [0, 0.1) is 0 Å². The Bertz CT molecular complexity index is 437. The van der Waals surface area contributed by atoms with Crippen LogP contribution in [0.4, 0.5) is 0 Å². The molecule has 0 N–H and O–H groups in total. The largest absolute Gasteiger partial charge is 0.485 e. The SMILES string of the molecule is C=C(C)C1CC(=O)c2cc(Br)ccc2O1. The Morgan fingerprint density at radius 3 is 3.00 bits per heavy atom. The molecule has 2 nitrogen and oxygen atoms in total. The minimum atomic E-state index is -0.175. The molecule has 1 aromatic carbocycles. The molecule has 1 aliphatic rings. The van der Waals surface area contributed by atoms with Gasteiger partial charge in [-0.1, -0.05) is 22.5 Å². The summed E-state index contributed by atoms with van der Waals surface area (Å²) in [7, 11) is 0. The van der Waals surface area contributed by atoms with Crippen LogP contribution in [0.15, 0.2) is 34.8 Å². The van der Waals surface area contributed by atoms with Crippen molar-refractivity contribution in [2.24, 2.45) is 0 Å². The highest BCUT2D eigenvalue weighted by Gasteiger charge is 2.26. The van der Waals surface area contributed by atoms with Gasteiger partial charge in [0.25, 0.3) is 0 Å². The van der Waals surface area contributed by atoms with Crippen molar-refractivity contribution in [3.63, 3.8) is 0 Å². The van der Waals surface area contributed by atoms with Gasteiger partial charge in [-0.05, 0) is 30.7 Å². The number of halogens is 1. The Hall–Kier alpha value is -1.09. The predicted molar refractivity (Wildman–Crippen MR) is 62.3 cm³/mol. The summed E-state index contributed by atoms with van der Waals surface area (Å²) >= 11 is 3.34. The number of ether oxygens (including phenoxy) is 1. The Morgan fingerprint density at radius 2 is 2.33 bits per heavy atom. The topological polar surface area (TPSA) is 26.3 Å². The zero-order chi connectivity index (χ0) is 11.0. The number of rotatable bonds is 1. The van der Waals surface area contributed by atoms with Crippen molar-refractivity contribution in [2.75, 3.05) is 0 Å². The first kappa shape index (κ1) is 10.4. The lowest BCUT2D eigenvalue weighted by Crippen LogP contribution is -2.27. The molecular formula is C12H11BrO2. The maximum Gasteiger partial charge on any atom is 0.170 e. The Labute approximate surface area is 97.1 Å². The van der Waals surface area contributed by atoms with Crippen LogP contribution in [0.25, 0.3) is 0 Å². The first-order valence-electron chi connectivity index (χ1n) is 4.72.